The van der Waals surface area contributed by atoms with Crippen LogP contribution in [0.1, 0.15) is 57.3 Å². The van der Waals surface area contributed by atoms with Crippen LogP contribution >= 0.6 is 0 Å². The molecule has 0 saturated heterocycles. The Morgan fingerprint density at radius 2 is 2.00 bits per heavy atom. The van der Waals surface area contributed by atoms with E-state index in [9.17, 15) is 9.59 Å². The number of hydrogen-bond acceptors (Lipinski definition) is 3. The normalized spacial score (nSPS) is 19.8. The zero-order valence-corrected chi connectivity index (χ0v) is 16.9. The maximum atomic E-state index is 13.4. The lowest BCUT2D eigenvalue weighted by Crippen LogP contribution is -2.55. The van der Waals surface area contributed by atoms with Crippen LogP contribution in [-0.4, -0.2) is 44.8 Å². The largest absolute Gasteiger partial charge is 0.472 e. The predicted octanol–water partition coefficient (Wildman–Crippen LogP) is 3.44. The molecule has 2 aliphatic rings. The summed E-state index contributed by atoms with van der Waals surface area (Å²) in [6.07, 6.45) is 8.37. The van der Waals surface area contributed by atoms with Gasteiger partial charge in [0.05, 0.1) is 12.5 Å². The molecule has 3 heterocycles. The molecule has 1 aliphatic carbocycles. The average molecular weight is 383 g/mol. The van der Waals surface area contributed by atoms with Gasteiger partial charge in [0.15, 0.2) is 0 Å². The lowest BCUT2D eigenvalue weighted by atomic mass is 9.83. The van der Waals surface area contributed by atoms with Gasteiger partial charge in [-0.05, 0) is 51.8 Å². The fourth-order valence-electron chi connectivity index (χ4n) is 4.18. The molecule has 4 rings (SSSR count). The molecule has 0 bridgehead atoms. The van der Waals surface area contributed by atoms with E-state index in [0.717, 1.165) is 37.1 Å². The van der Waals surface area contributed by atoms with E-state index >= 15 is 0 Å². The van der Waals surface area contributed by atoms with E-state index in [2.05, 4.69) is 10.6 Å². The predicted molar refractivity (Wildman–Crippen MR) is 106 cm³/mol. The van der Waals surface area contributed by atoms with Crippen molar-refractivity contribution in [1.29, 1.82) is 0 Å². The molecule has 0 aromatic carbocycles. The lowest BCUT2D eigenvalue weighted by molar-refractivity contribution is -0.150. The van der Waals surface area contributed by atoms with Gasteiger partial charge in [0.2, 0.25) is 11.8 Å². The number of carbonyl (C=O) groups is 2. The number of nitrogens with zero attached hydrogens (tertiary/aromatic N) is 3. The maximum Gasteiger partial charge on any atom is 0.243 e. The number of hydrogen-bond donors (Lipinski definition) is 0. The van der Waals surface area contributed by atoms with Crippen LogP contribution in [0, 0.1) is 5.92 Å². The van der Waals surface area contributed by atoms with E-state index < -0.39 is 0 Å². The molecule has 2 aromatic heterocycles. The minimum atomic E-state index is -0.385. The van der Waals surface area contributed by atoms with Crippen molar-refractivity contribution < 1.29 is 14.0 Å². The SMILES string of the molecule is CC(C)(C)N(CC(=O)N1CCn2cccc2C1c1ccoc1)C(=O)C1CCC1. The molecule has 1 atom stereocenters. The van der Waals surface area contributed by atoms with E-state index in [0.29, 0.717) is 6.54 Å². The van der Waals surface area contributed by atoms with Crippen molar-refractivity contribution in [2.24, 2.45) is 5.92 Å². The Morgan fingerprint density at radius 3 is 2.61 bits per heavy atom. The van der Waals surface area contributed by atoms with Gasteiger partial charge in [0.1, 0.15) is 12.6 Å². The molecule has 1 aliphatic heterocycles. The summed E-state index contributed by atoms with van der Waals surface area (Å²) in [6, 6.07) is 5.79. The van der Waals surface area contributed by atoms with Crippen LogP contribution in [-0.2, 0) is 16.1 Å². The highest BCUT2D eigenvalue weighted by molar-refractivity contribution is 5.87. The summed E-state index contributed by atoms with van der Waals surface area (Å²) in [5, 5.41) is 0. The molecule has 6 heteroatoms. The molecule has 150 valence electrons. The second-order valence-electron chi connectivity index (χ2n) is 8.90. The monoisotopic (exact) mass is 383 g/mol. The molecular formula is C22H29N3O3. The minimum absolute atomic E-state index is 0.0127. The molecular weight excluding hydrogens is 354 g/mol. The molecule has 1 saturated carbocycles. The summed E-state index contributed by atoms with van der Waals surface area (Å²) in [5.74, 6) is 0.184. The van der Waals surface area contributed by atoms with Crippen LogP contribution in [0.25, 0.3) is 0 Å². The van der Waals surface area contributed by atoms with Crippen molar-refractivity contribution in [2.75, 3.05) is 13.1 Å². The Kier molecular flexibility index (Phi) is 4.81. The number of rotatable bonds is 4. The van der Waals surface area contributed by atoms with Crippen molar-refractivity contribution in [3.63, 3.8) is 0 Å². The highest BCUT2D eigenvalue weighted by atomic mass is 16.3. The zero-order chi connectivity index (χ0) is 19.9. The van der Waals surface area contributed by atoms with Crippen molar-refractivity contribution in [1.82, 2.24) is 14.4 Å². The molecule has 28 heavy (non-hydrogen) atoms. The van der Waals surface area contributed by atoms with Crippen LogP contribution < -0.4 is 0 Å². The van der Waals surface area contributed by atoms with Crippen LogP contribution in [0.4, 0.5) is 0 Å². The van der Waals surface area contributed by atoms with Gasteiger partial charge in [-0.3, -0.25) is 9.59 Å². The molecule has 0 N–H and O–H groups in total. The highest BCUT2D eigenvalue weighted by Crippen LogP contribution is 2.34. The molecule has 1 fully saturated rings. The van der Waals surface area contributed by atoms with E-state index in [1.54, 1.807) is 17.4 Å². The summed E-state index contributed by atoms with van der Waals surface area (Å²) < 4.78 is 7.49. The summed E-state index contributed by atoms with van der Waals surface area (Å²) in [4.78, 5) is 30.1. The molecule has 1 unspecified atom stereocenters. The second kappa shape index (κ2) is 7.15. The molecule has 0 radical (unpaired) electrons. The standard InChI is InChI=1S/C22H29N3O3/c1-22(2,3)25(21(27)16-6-4-7-16)14-19(26)24-12-11-23-10-5-8-18(23)20(24)17-9-13-28-15-17/h5,8-10,13,15-16,20H,4,6-7,11-12,14H2,1-3H3. The van der Waals surface area contributed by atoms with Crippen molar-refractivity contribution in [3.05, 3.63) is 48.2 Å². The van der Waals surface area contributed by atoms with Gasteiger partial charge in [-0.1, -0.05) is 6.42 Å². The van der Waals surface area contributed by atoms with E-state index in [-0.39, 0.29) is 35.9 Å². The Balaban J connectivity index is 1.59. The topological polar surface area (TPSA) is 58.7 Å². The van der Waals surface area contributed by atoms with Crippen molar-refractivity contribution >= 4 is 11.8 Å². The smallest absolute Gasteiger partial charge is 0.243 e. The summed E-state index contributed by atoms with van der Waals surface area (Å²) in [7, 11) is 0. The Hall–Kier alpha value is -2.50. The Morgan fingerprint density at radius 1 is 1.21 bits per heavy atom. The first-order valence-electron chi connectivity index (χ1n) is 10.1. The lowest BCUT2D eigenvalue weighted by Gasteiger charge is -2.42. The van der Waals surface area contributed by atoms with E-state index in [1.165, 1.54) is 0 Å². The number of aromatic nitrogens is 1. The molecule has 6 nitrogen and oxygen atoms in total. The minimum Gasteiger partial charge on any atom is -0.472 e. The third-order valence-electron chi connectivity index (χ3n) is 6.04. The fourth-order valence-corrected chi connectivity index (χ4v) is 4.18. The quantitative estimate of drug-likeness (QED) is 0.813. The summed E-state index contributed by atoms with van der Waals surface area (Å²) in [5.41, 5.74) is 1.65. The van der Waals surface area contributed by atoms with E-state index in [1.807, 2.05) is 44.0 Å². The summed E-state index contributed by atoms with van der Waals surface area (Å²) >= 11 is 0. The van der Waals surface area contributed by atoms with E-state index in [4.69, 9.17) is 4.42 Å². The number of furan rings is 1. The van der Waals surface area contributed by atoms with Gasteiger partial charge in [-0.25, -0.2) is 0 Å². The van der Waals surface area contributed by atoms with Crippen molar-refractivity contribution in [2.45, 2.75) is 58.2 Å². The average Bonchev–Trinajstić information content (AvgIpc) is 3.26. The fraction of sp³-hybridized carbons (Fsp3) is 0.545. The second-order valence-corrected chi connectivity index (χ2v) is 8.90. The van der Waals surface area contributed by atoms with Gasteiger partial charge in [-0.2, -0.15) is 0 Å². The van der Waals surface area contributed by atoms with Gasteiger partial charge in [-0.15, -0.1) is 0 Å². The van der Waals surface area contributed by atoms with Crippen LogP contribution in [0.2, 0.25) is 0 Å². The summed E-state index contributed by atoms with van der Waals surface area (Å²) in [6.45, 7) is 7.51. The number of carbonyl (C=O) groups excluding carboxylic acids is 2. The number of amides is 2. The van der Waals surface area contributed by atoms with Crippen LogP contribution in [0.3, 0.4) is 0 Å². The van der Waals surface area contributed by atoms with Crippen molar-refractivity contribution in [3.8, 4) is 0 Å². The highest BCUT2D eigenvalue weighted by Gasteiger charge is 2.39. The maximum absolute atomic E-state index is 13.4. The van der Waals surface area contributed by atoms with Crippen LogP contribution in [0.15, 0.2) is 41.3 Å². The first kappa shape index (κ1) is 18.8. The zero-order valence-electron chi connectivity index (χ0n) is 16.9. The Labute approximate surface area is 166 Å². The third-order valence-corrected chi connectivity index (χ3v) is 6.04. The third kappa shape index (κ3) is 3.36. The van der Waals surface area contributed by atoms with Gasteiger partial charge in [0.25, 0.3) is 0 Å². The van der Waals surface area contributed by atoms with Gasteiger partial charge in [0, 0.05) is 42.0 Å². The molecule has 2 aromatic rings. The first-order valence-corrected chi connectivity index (χ1v) is 10.1. The molecule has 0 spiro atoms. The first-order chi connectivity index (χ1) is 13.4. The van der Waals surface area contributed by atoms with Gasteiger partial charge < -0.3 is 18.8 Å². The van der Waals surface area contributed by atoms with Gasteiger partial charge >= 0.3 is 0 Å². The molecule has 2 amide bonds. The Bertz CT molecular complexity index is 843. The van der Waals surface area contributed by atoms with Crippen LogP contribution in [0.5, 0.6) is 0 Å². The number of fused-ring (bicyclic) bond motifs is 1.